The van der Waals surface area contributed by atoms with Crippen LogP contribution in [-0.4, -0.2) is 4.98 Å². The zero-order chi connectivity index (χ0) is 11.3. The Hall–Kier alpha value is -1.37. The molecule has 2 aromatic rings. The summed E-state index contributed by atoms with van der Waals surface area (Å²) < 4.78 is 0. The molecule has 0 atom stereocenters. The van der Waals surface area contributed by atoms with Crippen molar-refractivity contribution in [1.29, 1.82) is 0 Å². The summed E-state index contributed by atoms with van der Waals surface area (Å²) in [7, 11) is 0. The zero-order valence-electron chi connectivity index (χ0n) is 10.0. The standard InChI is InChI=1S/C12H13N.C2H6/c1-3-10-6-9(2)12-8-13-5-4-11(12)7-10;1-2/h4-8H,3H2,1-2H3;1-2H3. The van der Waals surface area contributed by atoms with Crippen LogP contribution in [-0.2, 0) is 6.42 Å². The molecule has 0 bridgehead atoms. The maximum atomic E-state index is 4.13. The van der Waals surface area contributed by atoms with Gasteiger partial charge in [-0.25, -0.2) is 0 Å². The Morgan fingerprint density at radius 3 is 2.60 bits per heavy atom. The molecule has 2 rings (SSSR count). The molecule has 0 fully saturated rings. The van der Waals surface area contributed by atoms with Crippen molar-refractivity contribution >= 4 is 10.8 Å². The summed E-state index contributed by atoms with van der Waals surface area (Å²) in [4.78, 5) is 4.13. The number of nitrogens with zero attached hydrogens (tertiary/aromatic N) is 1. The minimum atomic E-state index is 1.10. The van der Waals surface area contributed by atoms with E-state index < -0.39 is 0 Å². The van der Waals surface area contributed by atoms with Gasteiger partial charge in [0.05, 0.1) is 0 Å². The van der Waals surface area contributed by atoms with Crippen molar-refractivity contribution in [1.82, 2.24) is 4.98 Å². The Morgan fingerprint density at radius 1 is 1.20 bits per heavy atom. The fourth-order valence-corrected chi connectivity index (χ4v) is 1.66. The summed E-state index contributed by atoms with van der Waals surface area (Å²) in [6.45, 7) is 8.32. The third-order valence-corrected chi connectivity index (χ3v) is 2.43. The van der Waals surface area contributed by atoms with Gasteiger partial charge in [-0.2, -0.15) is 0 Å². The van der Waals surface area contributed by atoms with Crippen molar-refractivity contribution in [2.24, 2.45) is 0 Å². The van der Waals surface area contributed by atoms with Crippen molar-refractivity contribution in [3.05, 3.63) is 41.7 Å². The first-order valence-electron chi connectivity index (χ1n) is 5.64. The molecule has 0 radical (unpaired) electrons. The Kier molecular flexibility index (Phi) is 4.29. The second kappa shape index (κ2) is 5.50. The van der Waals surface area contributed by atoms with Crippen molar-refractivity contribution in [3.63, 3.8) is 0 Å². The average Bonchev–Trinajstić information content (AvgIpc) is 2.31. The van der Waals surface area contributed by atoms with Crippen molar-refractivity contribution in [2.45, 2.75) is 34.1 Å². The fourth-order valence-electron chi connectivity index (χ4n) is 1.66. The molecule has 1 aromatic heterocycles. The van der Waals surface area contributed by atoms with Gasteiger partial charge in [-0.3, -0.25) is 4.98 Å². The lowest BCUT2D eigenvalue weighted by Gasteiger charge is -2.04. The number of aryl methyl sites for hydroxylation is 2. The number of pyridine rings is 1. The van der Waals surface area contributed by atoms with Crippen LogP contribution in [0.25, 0.3) is 10.8 Å². The molecule has 80 valence electrons. The van der Waals surface area contributed by atoms with Crippen LogP contribution in [0.3, 0.4) is 0 Å². The largest absolute Gasteiger partial charge is 0.264 e. The minimum absolute atomic E-state index is 1.10. The molecule has 0 saturated carbocycles. The zero-order valence-corrected chi connectivity index (χ0v) is 10.0. The van der Waals surface area contributed by atoms with E-state index in [1.54, 1.807) is 0 Å². The molecular formula is C14H19N. The monoisotopic (exact) mass is 201 g/mol. The second-order valence-electron chi connectivity index (χ2n) is 3.36. The first-order valence-corrected chi connectivity index (χ1v) is 5.64. The normalized spacial score (nSPS) is 9.60. The summed E-state index contributed by atoms with van der Waals surface area (Å²) in [5.41, 5.74) is 2.72. The molecule has 0 aliphatic carbocycles. The van der Waals surface area contributed by atoms with E-state index in [1.807, 2.05) is 26.2 Å². The van der Waals surface area contributed by atoms with Crippen LogP contribution in [0.1, 0.15) is 31.9 Å². The summed E-state index contributed by atoms with van der Waals surface area (Å²) in [5.74, 6) is 0. The van der Waals surface area contributed by atoms with E-state index in [2.05, 4.69) is 37.0 Å². The Morgan fingerprint density at radius 2 is 1.93 bits per heavy atom. The number of rotatable bonds is 1. The van der Waals surface area contributed by atoms with Gasteiger partial charge in [0.1, 0.15) is 0 Å². The van der Waals surface area contributed by atoms with Gasteiger partial charge in [0.25, 0.3) is 0 Å². The highest BCUT2D eigenvalue weighted by molar-refractivity contribution is 5.85. The first kappa shape index (κ1) is 11.7. The van der Waals surface area contributed by atoms with Gasteiger partial charge in [0, 0.05) is 17.8 Å². The molecule has 1 heterocycles. The van der Waals surface area contributed by atoms with E-state index in [9.17, 15) is 0 Å². The minimum Gasteiger partial charge on any atom is -0.264 e. The number of fused-ring (bicyclic) bond motifs is 1. The molecule has 1 aromatic carbocycles. The highest BCUT2D eigenvalue weighted by Crippen LogP contribution is 2.19. The maximum Gasteiger partial charge on any atom is 0.0349 e. The lowest BCUT2D eigenvalue weighted by atomic mass is 10.0. The quantitative estimate of drug-likeness (QED) is 0.676. The van der Waals surface area contributed by atoms with Gasteiger partial charge in [0.2, 0.25) is 0 Å². The van der Waals surface area contributed by atoms with E-state index >= 15 is 0 Å². The lowest BCUT2D eigenvalue weighted by Crippen LogP contribution is -1.85. The third-order valence-electron chi connectivity index (χ3n) is 2.43. The Bertz CT molecular complexity index is 432. The maximum absolute atomic E-state index is 4.13. The molecule has 0 saturated heterocycles. The Balaban J connectivity index is 0.000000531. The van der Waals surface area contributed by atoms with E-state index in [-0.39, 0.29) is 0 Å². The Labute approximate surface area is 92.2 Å². The number of aromatic nitrogens is 1. The molecule has 15 heavy (non-hydrogen) atoms. The van der Waals surface area contributed by atoms with E-state index in [1.165, 1.54) is 21.9 Å². The van der Waals surface area contributed by atoms with Gasteiger partial charge in [-0.1, -0.05) is 32.9 Å². The molecule has 0 amide bonds. The van der Waals surface area contributed by atoms with Crippen LogP contribution < -0.4 is 0 Å². The van der Waals surface area contributed by atoms with E-state index in [0.29, 0.717) is 0 Å². The predicted molar refractivity (Wildman–Crippen MR) is 67.2 cm³/mol. The van der Waals surface area contributed by atoms with Crippen molar-refractivity contribution in [3.8, 4) is 0 Å². The SMILES string of the molecule is CC.CCc1cc(C)c2cnccc2c1. The highest BCUT2D eigenvalue weighted by atomic mass is 14.6. The van der Waals surface area contributed by atoms with Crippen LogP contribution in [0.4, 0.5) is 0 Å². The van der Waals surface area contributed by atoms with Gasteiger partial charge in [-0.05, 0) is 35.9 Å². The summed E-state index contributed by atoms with van der Waals surface area (Å²) >= 11 is 0. The first-order chi connectivity index (χ1) is 7.31. The second-order valence-corrected chi connectivity index (χ2v) is 3.36. The van der Waals surface area contributed by atoms with Crippen LogP contribution in [0.5, 0.6) is 0 Å². The smallest absolute Gasteiger partial charge is 0.0349 e. The number of benzene rings is 1. The topological polar surface area (TPSA) is 12.9 Å². The summed E-state index contributed by atoms with van der Waals surface area (Å²) in [5, 5.41) is 2.56. The van der Waals surface area contributed by atoms with E-state index in [0.717, 1.165) is 6.42 Å². The molecule has 0 unspecified atom stereocenters. The van der Waals surface area contributed by atoms with Crippen LogP contribution >= 0.6 is 0 Å². The molecule has 0 aliphatic rings. The predicted octanol–water partition coefficient (Wildman–Crippen LogP) is 4.13. The summed E-state index contributed by atoms with van der Waals surface area (Å²) in [6.07, 6.45) is 4.88. The highest BCUT2D eigenvalue weighted by Gasteiger charge is 1.98. The van der Waals surface area contributed by atoms with Crippen LogP contribution in [0.2, 0.25) is 0 Å². The van der Waals surface area contributed by atoms with Gasteiger partial charge in [0.15, 0.2) is 0 Å². The molecule has 1 heteroatoms. The van der Waals surface area contributed by atoms with Gasteiger partial charge >= 0.3 is 0 Å². The van der Waals surface area contributed by atoms with Crippen LogP contribution in [0.15, 0.2) is 30.6 Å². The van der Waals surface area contributed by atoms with Crippen molar-refractivity contribution in [2.75, 3.05) is 0 Å². The molecule has 0 N–H and O–H groups in total. The molecule has 1 nitrogen and oxygen atoms in total. The summed E-state index contributed by atoms with van der Waals surface area (Å²) in [6, 6.07) is 6.55. The van der Waals surface area contributed by atoms with Gasteiger partial charge < -0.3 is 0 Å². The lowest BCUT2D eigenvalue weighted by molar-refractivity contribution is 1.14. The fraction of sp³-hybridized carbons (Fsp3) is 0.357. The molecular weight excluding hydrogens is 182 g/mol. The number of hydrogen-bond donors (Lipinski definition) is 0. The van der Waals surface area contributed by atoms with E-state index in [4.69, 9.17) is 0 Å². The third kappa shape index (κ3) is 2.56. The number of hydrogen-bond acceptors (Lipinski definition) is 1. The van der Waals surface area contributed by atoms with Gasteiger partial charge in [-0.15, -0.1) is 0 Å². The average molecular weight is 201 g/mol. The van der Waals surface area contributed by atoms with Crippen molar-refractivity contribution < 1.29 is 0 Å². The van der Waals surface area contributed by atoms with Crippen LogP contribution in [0, 0.1) is 6.92 Å². The molecule has 0 spiro atoms. The molecule has 0 aliphatic heterocycles.